The average Bonchev–Trinajstić information content (AvgIpc) is 2.40. The highest BCUT2D eigenvalue weighted by molar-refractivity contribution is 5.72. The number of hydrogen-bond acceptors (Lipinski definition) is 3. The van der Waals surface area contributed by atoms with Crippen LogP contribution in [0.3, 0.4) is 0 Å². The van der Waals surface area contributed by atoms with Crippen LogP contribution >= 0.6 is 0 Å². The minimum atomic E-state index is -1.21. The van der Waals surface area contributed by atoms with Gasteiger partial charge in [0.1, 0.15) is 6.17 Å². The van der Waals surface area contributed by atoms with Crippen LogP contribution in [0.2, 0.25) is 0 Å². The Hall–Kier alpha value is -0.680. The van der Waals surface area contributed by atoms with E-state index in [1.807, 2.05) is 27.7 Å². The zero-order valence-corrected chi connectivity index (χ0v) is 13.9. The molecule has 4 nitrogen and oxygen atoms in total. The van der Waals surface area contributed by atoms with E-state index in [0.29, 0.717) is 13.2 Å². The van der Waals surface area contributed by atoms with Gasteiger partial charge in [-0.1, -0.05) is 27.7 Å². The first kappa shape index (κ1) is 23.4. The molecule has 0 aromatic heterocycles. The fourth-order valence-electron chi connectivity index (χ4n) is 0.986. The molecular weight excluding hydrogens is 247 g/mol. The van der Waals surface area contributed by atoms with Crippen LogP contribution in [0.4, 0.5) is 4.39 Å². The van der Waals surface area contributed by atoms with E-state index in [4.69, 9.17) is 4.74 Å². The summed E-state index contributed by atoms with van der Waals surface area (Å²) in [6.07, 6.45) is -1.21. The topological polar surface area (TPSA) is 50.4 Å². The van der Waals surface area contributed by atoms with Gasteiger partial charge in [0.2, 0.25) is 5.91 Å². The van der Waals surface area contributed by atoms with Crippen LogP contribution in [0.25, 0.3) is 0 Å². The molecule has 0 aromatic rings. The zero-order valence-electron chi connectivity index (χ0n) is 13.9. The molecule has 2 N–H and O–H groups in total. The lowest BCUT2D eigenvalue weighted by atomic mass is 10.0. The van der Waals surface area contributed by atoms with Gasteiger partial charge in [-0.05, 0) is 20.9 Å². The zero-order chi connectivity index (χ0) is 15.9. The summed E-state index contributed by atoms with van der Waals surface area (Å²) in [6, 6.07) is 0. The molecule has 0 rings (SSSR count). The monoisotopic (exact) mass is 280 g/mol. The van der Waals surface area contributed by atoms with Crippen LogP contribution in [0.5, 0.6) is 0 Å². The average molecular weight is 280 g/mol. The number of nitrogens with one attached hydrogen (secondary N) is 2. The number of carbonyl (C=O) groups excluding carboxylic acids is 1. The third-order valence-electron chi connectivity index (χ3n) is 2.11. The number of alkyl halides is 1. The van der Waals surface area contributed by atoms with Gasteiger partial charge in [0.25, 0.3) is 0 Å². The highest BCUT2D eigenvalue weighted by atomic mass is 19.1. The van der Waals surface area contributed by atoms with Gasteiger partial charge in [0.15, 0.2) is 0 Å². The highest BCUT2D eigenvalue weighted by Crippen LogP contribution is 2.17. The number of amides is 1. The van der Waals surface area contributed by atoms with Gasteiger partial charge in [-0.3, -0.25) is 4.79 Å². The Kier molecular flexibility index (Phi) is 19.0. The second-order valence-electron chi connectivity index (χ2n) is 3.96. The SMILES string of the molecule is CC.CC.CNCCOC(C)(C)C(F)CNC(C)=O. The fourth-order valence-corrected chi connectivity index (χ4v) is 0.986. The van der Waals surface area contributed by atoms with Crippen LogP contribution in [-0.4, -0.2) is 44.4 Å². The minimum Gasteiger partial charge on any atom is -0.371 e. The van der Waals surface area contributed by atoms with E-state index < -0.39 is 11.8 Å². The second kappa shape index (κ2) is 15.4. The molecular formula is C14H33FN2O2. The van der Waals surface area contributed by atoms with E-state index in [0.717, 1.165) is 0 Å². The van der Waals surface area contributed by atoms with Gasteiger partial charge in [-0.15, -0.1) is 0 Å². The highest BCUT2D eigenvalue weighted by Gasteiger charge is 2.30. The van der Waals surface area contributed by atoms with Crippen molar-refractivity contribution >= 4 is 5.91 Å². The number of rotatable bonds is 7. The van der Waals surface area contributed by atoms with E-state index in [-0.39, 0.29) is 12.5 Å². The Balaban J connectivity index is -0.000000579. The van der Waals surface area contributed by atoms with Gasteiger partial charge >= 0.3 is 0 Å². The van der Waals surface area contributed by atoms with E-state index in [1.165, 1.54) is 6.92 Å². The summed E-state index contributed by atoms with van der Waals surface area (Å²) in [6.45, 7) is 13.8. The lowest BCUT2D eigenvalue weighted by Crippen LogP contribution is -2.44. The molecule has 0 saturated heterocycles. The van der Waals surface area contributed by atoms with E-state index in [2.05, 4.69) is 10.6 Å². The van der Waals surface area contributed by atoms with Crippen molar-refractivity contribution in [1.29, 1.82) is 0 Å². The smallest absolute Gasteiger partial charge is 0.216 e. The molecule has 0 bridgehead atoms. The van der Waals surface area contributed by atoms with Crippen molar-refractivity contribution in [3.63, 3.8) is 0 Å². The maximum atomic E-state index is 13.6. The second-order valence-corrected chi connectivity index (χ2v) is 3.96. The first-order valence-corrected chi connectivity index (χ1v) is 7.07. The van der Waals surface area contributed by atoms with Crippen molar-refractivity contribution in [2.45, 2.75) is 60.2 Å². The normalized spacial score (nSPS) is 11.4. The minimum absolute atomic E-state index is 0.0120. The fraction of sp³-hybridized carbons (Fsp3) is 0.929. The molecule has 118 valence electrons. The van der Waals surface area contributed by atoms with E-state index >= 15 is 0 Å². The molecule has 1 amide bonds. The molecule has 0 aliphatic rings. The molecule has 0 aliphatic carbocycles. The molecule has 19 heavy (non-hydrogen) atoms. The molecule has 5 heteroatoms. The third kappa shape index (κ3) is 15.3. The summed E-state index contributed by atoms with van der Waals surface area (Å²) in [7, 11) is 1.81. The van der Waals surface area contributed by atoms with Gasteiger partial charge in [0.05, 0.1) is 18.8 Å². The summed E-state index contributed by atoms with van der Waals surface area (Å²) < 4.78 is 19.0. The predicted octanol–water partition coefficient (Wildman–Crippen LogP) is 2.53. The summed E-state index contributed by atoms with van der Waals surface area (Å²) in [4.78, 5) is 10.6. The van der Waals surface area contributed by atoms with E-state index in [9.17, 15) is 9.18 Å². The first-order valence-electron chi connectivity index (χ1n) is 7.07. The molecule has 1 atom stereocenters. The summed E-state index contributed by atoms with van der Waals surface area (Å²) in [5.41, 5.74) is -0.876. The van der Waals surface area contributed by atoms with Crippen molar-refractivity contribution in [2.24, 2.45) is 0 Å². The molecule has 0 fully saturated rings. The standard InChI is InChI=1S/C10H21FN2O2.2C2H6/c1-8(14)13-7-9(11)10(2,3)15-6-5-12-4;2*1-2/h9,12H,5-7H2,1-4H3,(H,13,14);2*1-2H3. The van der Waals surface area contributed by atoms with Crippen molar-refractivity contribution < 1.29 is 13.9 Å². The van der Waals surface area contributed by atoms with Crippen LogP contribution in [-0.2, 0) is 9.53 Å². The largest absolute Gasteiger partial charge is 0.371 e. The molecule has 0 radical (unpaired) electrons. The summed E-state index contributed by atoms with van der Waals surface area (Å²) >= 11 is 0. The van der Waals surface area contributed by atoms with Crippen molar-refractivity contribution in [3.8, 4) is 0 Å². The molecule has 0 aromatic carbocycles. The molecule has 0 heterocycles. The Bertz CT molecular complexity index is 200. The summed E-state index contributed by atoms with van der Waals surface area (Å²) in [5, 5.41) is 5.34. The number of ether oxygens (including phenoxy) is 1. The number of halogens is 1. The number of likely N-dealkylation sites (N-methyl/N-ethyl adjacent to an activating group) is 1. The first-order chi connectivity index (χ1) is 8.90. The number of hydrogen-bond donors (Lipinski definition) is 2. The Morgan fingerprint density at radius 1 is 1.26 bits per heavy atom. The van der Waals surface area contributed by atoms with Crippen LogP contribution < -0.4 is 10.6 Å². The Morgan fingerprint density at radius 2 is 1.74 bits per heavy atom. The lowest BCUT2D eigenvalue weighted by Gasteiger charge is -2.29. The van der Waals surface area contributed by atoms with Gasteiger partial charge in [-0.25, -0.2) is 4.39 Å². The maximum Gasteiger partial charge on any atom is 0.216 e. The molecule has 1 unspecified atom stereocenters. The van der Waals surface area contributed by atoms with Gasteiger partial charge in [-0.2, -0.15) is 0 Å². The van der Waals surface area contributed by atoms with Crippen LogP contribution in [0.1, 0.15) is 48.5 Å². The molecule has 0 aliphatic heterocycles. The quantitative estimate of drug-likeness (QED) is 0.705. The molecule has 0 saturated carbocycles. The van der Waals surface area contributed by atoms with Crippen LogP contribution in [0.15, 0.2) is 0 Å². The summed E-state index contributed by atoms with van der Waals surface area (Å²) in [5.74, 6) is -0.233. The van der Waals surface area contributed by atoms with Crippen molar-refractivity contribution in [2.75, 3.05) is 26.7 Å². The maximum absolute atomic E-state index is 13.6. The van der Waals surface area contributed by atoms with Gasteiger partial charge in [0, 0.05) is 13.5 Å². The predicted molar refractivity (Wildman–Crippen MR) is 80.2 cm³/mol. The van der Waals surface area contributed by atoms with Gasteiger partial charge < -0.3 is 15.4 Å². The number of carbonyl (C=O) groups is 1. The molecule has 0 spiro atoms. The van der Waals surface area contributed by atoms with E-state index in [1.54, 1.807) is 20.9 Å². The van der Waals surface area contributed by atoms with Crippen molar-refractivity contribution in [1.82, 2.24) is 10.6 Å². The Labute approximate surface area is 118 Å². The Morgan fingerprint density at radius 3 is 2.11 bits per heavy atom. The van der Waals surface area contributed by atoms with Crippen LogP contribution in [0, 0.1) is 0 Å². The van der Waals surface area contributed by atoms with Crippen molar-refractivity contribution in [3.05, 3.63) is 0 Å². The third-order valence-corrected chi connectivity index (χ3v) is 2.11. The lowest BCUT2D eigenvalue weighted by molar-refractivity contribution is -0.120.